The highest BCUT2D eigenvalue weighted by molar-refractivity contribution is 8.13. The Hall–Kier alpha value is 0.160. The summed E-state index contributed by atoms with van der Waals surface area (Å²) in [6.45, 7) is 3.13. The third-order valence-electron chi connectivity index (χ3n) is 1.95. The molecule has 6 heteroatoms. The summed E-state index contributed by atoms with van der Waals surface area (Å²) in [6, 6.07) is 0. The van der Waals surface area contributed by atoms with Gasteiger partial charge in [-0.05, 0) is 6.92 Å². The van der Waals surface area contributed by atoms with E-state index in [1.165, 1.54) is 0 Å². The third kappa shape index (κ3) is 3.42. The summed E-state index contributed by atoms with van der Waals surface area (Å²) in [5.41, 5.74) is -0.713. The molecule has 78 valence electrons. The van der Waals surface area contributed by atoms with Gasteiger partial charge in [0.15, 0.2) is 0 Å². The van der Waals surface area contributed by atoms with Crippen molar-refractivity contribution < 1.29 is 17.9 Å². The van der Waals surface area contributed by atoms with Gasteiger partial charge in [-0.2, -0.15) is 0 Å². The van der Waals surface area contributed by atoms with E-state index in [4.69, 9.17) is 20.2 Å². The van der Waals surface area contributed by atoms with E-state index in [2.05, 4.69) is 0 Å². The van der Waals surface area contributed by atoms with Crippen molar-refractivity contribution in [3.8, 4) is 0 Å². The average molecular weight is 229 g/mol. The van der Waals surface area contributed by atoms with E-state index >= 15 is 0 Å². The maximum absolute atomic E-state index is 10.9. The van der Waals surface area contributed by atoms with E-state index in [1.54, 1.807) is 0 Å². The summed E-state index contributed by atoms with van der Waals surface area (Å²) in [5, 5.41) is 0. The van der Waals surface area contributed by atoms with Crippen molar-refractivity contribution in [2.24, 2.45) is 0 Å². The average Bonchev–Trinajstić information content (AvgIpc) is 2.33. The molecule has 1 atom stereocenters. The van der Waals surface area contributed by atoms with Gasteiger partial charge in [-0.3, -0.25) is 0 Å². The van der Waals surface area contributed by atoms with Gasteiger partial charge in [0.1, 0.15) is 5.60 Å². The van der Waals surface area contributed by atoms with E-state index in [9.17, 15) is 8.42 Å². The summed E-state index contributed by atoms with van der Waals surface area (Å²) in [4.78, 5) is 0. The lowest BCUT2D eigenvalue weighted by Gasteiger charge is -2.25. The number of rotatable bonds is 4. The van der Waals surface area contributed by atoms with Crippen LogP contribution in [-0.2, 0) is 18.5 Å². The Morgan fingerprint density at radius 2 is 2.31 bits per heavy atom. The molecule has 0 aliphatic carbocycles. The topological polar surface area (TPSA) is 52.6 Å². The predicted octanol–water partition coefficient (Wildman–Crippen LogP) is 0.751. The molecule has 1 fully saturated rings. The minimum Gasteiger partial charge on any atom is -0.378 e. The molecule has 13 heavy (non-hydrogen) atoms. The summed E-state index contributed by atoms with van der Waals surface area (Å²) in [6.07, 6.45) is 0.590. The summed E-state index contributed by atoms with van der Waals surface area (Å²) >= 11 is 0. The lowest BCUT2D eigenvalue weighted by atomic mass is 10.1. The lowest BCUT2D eigenvalue weighted by Crippen LogP contribution is -2.39. The normalized spacial score (nSPS) is 29.4. The molecular formula is C7H13ClO4S. The number of hydrogen-bond acceptors (Lipinski definition) is 4. The van der Waals surface area contributed by atoms with Gasteiger partial charge in [-0.15, -0.1) is 0 Å². The van der Waals surface area contributed by atoms with Crippen LogP contribution in [0.15, 0.2) is 0 Å². The summed E-state index contributed by atoms with van der Waals surface area (Å²) in [7, 11) is 1.65. The highest BCUT2D eigenvalue weighted by Gasteiger charge is 2.39. The number of hydrogen-bond donors (Lipinski definition) is 0. The molecule has 1 saturated heterocycles. The van der Waals surface area contributed by atoms with Gasteiger partial charge in [-0.25, -0.2) is 8.42 Å². The second-order valence-corrected chi connectivity index (χ2v) is 5.88. The highest BCUT2D eigenvalue weighted by atomic mass is 35.7. The van der Waals surface area contributed by atoms with Gasteiger partial charge in [0.2, 0.25) is 9.05 Å². The van der Waals surface area contributed by atoms with E-state index in [-0.39, 0.29) is 5.75 Å². The molecular weight excluding hydrogens is 216 g/mol. The molecule has 0 amide bonds. The van der Waals surface area contributed by atoms with Crippen LogP contribution >= 0.6 is 10.7 Å². The van der Waals surface area contributed by atoms with E-state index in [1.807, 2.05) is 6.92 Å². The van der Waals surface area contributed by atoms with Crippen LogP contribution in [-0.4, -0.2) is 39.6 Å². The monoisotopic (exact) mass is 228 g/mol. The molecule has 1 aliphatic heterocycles. The molecule has 0 N–H and O–H groups in total. The number of halogens is 1. The van der Waals surface area contributed by atoms with Gasteiger partial charge < -0.3 is 9.47 Å². The van der Waals surface area contributed by atoms with Crippen molar-refractivity contribution >= 4 is 19.7 Å². The highest BCUT2D eigenvalue weighted by Crippen LogP contribution is 2.26. The molecule has 0 saturated carbocycles. The Morgan fingerprint density at radius 1 is 1.62 bits per heavy atom. The Kier molecular flexibility index (Phi) is 3.57. The fourth-order valence-electron chi connectivity index (χ4n) is 1.48. The van der Waals surface area contributed by atoms with Crippen LogP contribution in [0.5, 0.6) is 0 Å². The third-order valence-corrected chi connectivity index (χ3v) is 3.15. The van der Waals surface area contributed by atoms with Crippen LogP contribution in [0.4, 0.5) is 0 Å². The van der Waals surface area contributed by atoms with Crippen LogP contribution in [0.25, 0.3) is 0 Å². The standard InChI is InChI=1S/C7H13ClO4S/c1-2-12-7(3-4-11-5-7)6-13(8,9)10/h2-6H2,1H3/t7-/m0/s1. The first-order chi connectivity index (χ1) is 5.97. The Balaban J connectivity index is 2.67. The Morgan fingerprint density at radius 3 is 2.69 bits per heavy atom. The molecule has 0 aromatic rings. The van der Waals surface area contributed by atoms with Gasteiger partial charge in [0.05, 0.1) is 12.4 Å². The van der Waals surface area contributed by atoms with Crippen LogP contribution in [0.3, 0.4) is 0 Å². The second-order valence-electron chi connectivity index (χ2n) is 3.10. The minimum absolute atomic E-state index is 0.171. The maximum Gasteiger partial charge on any atom is 0.235 e. The first-order valence-electron chi connectivity index (χ1n) is 4.11. The van der Waals surface area contributed by atoms with Crippen molar-refractivity contribution in [1.29, 1.82) is 0 Å². The van der Waals surface area contributed by atoms with Crippen molar-refractivity contribution in [2.75, 3.05) is 25.6 Å². The second kappa shape index (κ2) is 4.13. The van der Waals surface area contributed by atoms with Gasteiger partial charge in [0.25, 0.3) is 0 Å². The number of ether oxygens (including phenoxy) is 2. The Bertz CT molecular complexity index is 256. The molecule has 0 aromatic heterocycles. The molecule has 1 rings (SSSR count). The SMILES string of the molecule is CCO[C@@]1(CS(=O)(=O)Cl)CCOC1. The van der Waals surface area contributed by atoms with Gasteiger partial charge >= 0.3 is 0 Å². The molecule has 4 nitrogen and oxygen atoms in total. The largest absolute Gasteiger partial charge is 0.378 e. The Labute approximate surface area is 82.6 Å². The van der Waals surface area contributed by atoms with Crippen LogP contribution in [0, 0.1) is 0 Å². The van der Waals surface area contributed by atoms with Crippen LogP contribution in [0.1, 0.15) is 13.3 Å². The first-order valence-corrected chi connectivity index (χ1v) is 6.59. The van der Waals surface area contributed by atoms with Crippen molar-refractivity contribution in [2.45, 2.75) is 18.9 Å². The van der Waals surface area contributed by atoms with Crippen LogP contribution < -0.4 is 0 Å². The molecule has 1 aliphatic rings. The smallest absolute Gasteiger partial charge is 0.235 e. The van der Waals surface area contributed by atoms with Crippen molar-refractivity contribution in [3.05, 3.63) is 0 Å². The maximum atomic E-state index is 10.9. The molecule has 0 bridgehead atoms. The molecule has 0 radical (unpaired) electrons. The van der Waals surface area contributed by atoms with Gasteiger partial charge in [-0.1, -0.05) is 0 Å². The fraction of sp³-hybridized carbons (Fsp3) is 1.00. The minimum atomic E-state index is -3.52. The van der Waals surface area contributed by atoms with E-state index in [0.29, 0.717) is 26.2 Å². The molecule has 0 spiro atoms. The fourth-order valence-corrected chi connectivity index (χ4v) is 3.01. The zero-order chi connectivity index (χ0) is 9.95. The zero-order valence-electron chi connectivity index (χ0n) is 7.45. The predicted molar refractivity (Wildman–Crippen MR) is 49.4 cm³/mol. The quantitative estimate of drug-likeness (QED) is 0.667. The summed E-state index contributed by atoms with van der Waals surface area (Å²) in [5.74, 6) is -0.171. The van der Waals surface area contributed by atoms with E-state index < -0.39 is 14.7 Å². The molecule has 0 unspecified atom stereocenters. The molecule has 0 aromatic carbocycles. The summed E-state index contributed by atoms with van der Waals surface area (Å²) < 4.78 is 32.3. The zero-order valence-corrected chi connectivity index (χ0v) is 9.03. The van der Waals surface area contributed by atoms with Crippen molar-refractivity contribution in [1.82, 2.24) is 0 Å². The van der Waals surface area contributed by atoms with Crippen LogP contribution in [0.2, 0.25) is 0 Å². The van der Waals surface area contributed by atoms with Gasteiger partial charge in [0, 0.05) is 30.3 Å². The lowest BCUT2D eigenvalue weighted by molar-refractivity contribution is -0.0264. The first kappa shape index (κ1) is 11.2. The van der Waals surface area contributed by atoms with Crippen molar-refractivity contribution in [3.63, 3.8) is 0 Å². The molecule has 1 heterocycles. The van der Waals surface area contributed by atoms with E-state index in [0.717, 1.165) is 0 Å².